The Morgan fingerprint density at radius 1 is 0.700 bits per heavy atom. The molecule has 0 radical (unpaired) electrons. The summed E-state index contributed by atoms with van der Waals surface area (Å²) in [7, 11) is 4.37. The second-order valence-corrected chi connectivity index (χ2v) is 12.2. The number of ether oxygens (including phenoxy) is 2. The van der Waals surface area contributed by atoms with Crippen molar-refractivity contribution in [1.82, 2.24) is 0 Å². The molecule has 2 rings (SSSR count). The molecule has 1 atom stereocenters. The van der Waals surface area contributed by atoms with E-state index in [9.17, 15) is 4.79 Å². The highest BCUT2D eigenvalue weighted by Crippen LogP contribution is 2.18. The molecular formula is C36H58NO3+. The predicted molar refractivity (Wildman–Crippen MR) is 169 cm³/mol. The highest BCUT2D eigenvalue weighted by molar-refractivity contribution is 5.72. The van der Waals surface area contributed by atoms with Gasteiger partial charge in [0, 0.05) is 5.56 Å². The molecule has 0 bridgehead atoms. The fourth-order valence-electron chi connectivity index (χ4n) is 5.36. The molecule has 0 saturated heterocycles. The van der Waals surface area contributed by atoms with Crippen molar-refractivity contribution in [2.24, 2.45) is 5.92 Å². The van der Waals surface area contributed by atoms with Gasteiger partial charge in [0.25, 0.3) is 0 Å². The maximum absolute atomic E-state index is 12.7. The van der Waals surface area contributed by atoms with Crippen molar-refractivity contribution in [2.75, 3.05) is 33.9 Å². The van der Waals surface area contributed by atoms with E-state index in [4.69, 9.17) is 9.47 Å². The molecule has 0 heterocycles. The van der Waals surface area contributed by atoms with E-state index in [2.05, 4.69) is 76.5 Å². The molecule has 2 aromatic rings. The maximum Gasteiger partial charge on any atom is 0.314 e. The van der Waals surface area contributed by atoms with E-state index in [1.165, 1.54) is 75.3 Å². The van der Waals surface area contributed by atoms with Crippen LogP contribution in [0.15, 0.2) is 54.6 Å². The van der Waals surface area contributed by atoms with Gasteiger partial charge in [-0.05, 0) is 49.8 Å². The number of aryl methyl sites for hydroxylation is 1. The molecule has 0 fully saturated rings. The molecule has 4 nitrogen and oxygen atoms in total. The first-order valence-electron chi connectivity index (χ1n) is 16.2. The molecule has 0 spiro atoms. The number of carbonyl (C=O) groups excluding carboxylic acids is 1. The van der Waals surface area contributed by atoms with Gasteiger partial charge in [0.15, 0.2) is 0 Å². The Morgan fingerprint density at radius 2 is 1.30 bits per heavy atom. The van der Waals surface area contributed by atoms with E-state index in [0.29, 0.717) is 13.2 Å². The maximum atomic E-state index is 12.7. The summed E-state index contributed by atoms with van der Waals surface area (Å²) in [5.41, 5.74) is 2.69. The van der Waals surface area contributed by atoms with Crippen molar-refractivity contribution in [3.8, 4) is 5.75 Å². The lowest BCUT2D eigenvalue weighted by Gasteiger charge is -2.32. The summed E-state index contributed by atoms with van der Waals surface area (Å²) in [5.74, 6) is 0.780. The molecule has 1 unspecified atom stereocenters. The van der Waals surface area contributed by atoms with E-state index in [1.807, 2.05) is 6.07 Å². The lowest BCUT2D eigenvalue weighted by atomic mass is 10.0. The van der Waals surface area contributed by atoms with Crippen LogP contribution in [0.25, 0.3) is 0 Å². The summed E-state index contributed by atoms with van der Waals surface area (Å²) in [6, 6.07) is 19.1. The van der Waals surface area contributed by atoms with Gasteiger partial charge in [0.2, 0.25) is 0 Å². The van der Waals surface area contributed by atoms with Crippen LogP contribution in [0, 0.1) is 5.92 Å². The zero-order chi connectivity index (χ0) is 28.9. The first-order chi connectivity index (χ1) is 19.4. The molecule has 0 N–H and O–H groups in total. The van der Waals surface area contributed by atoms with Crippen LogP contribution < -0.4 is 4.74 Å². The minimum Gasteiger partial charge on any atom is -0.494 e. The van der Waals surface area contributed by atoms with Gasteiger partial charge in [-0.1, -0.05) is 114 Å². The number of esters is 1. The fraction of sp³-hybridized carbons (Fsp3) is 0.639. The SMILES string of the molecule is CCCCCCCCCCCCc1ccc(OCCCCOC(=O)C(CC)C[N+](C)(C)Cc2ccccc2)cc1. The minimum absolute atomic E-state index is 0.0688. The van der Waals surface area contributed by atoms with E-state index >= 15 is 0 Å². The van der Waals surface area contributed by atoms with Crippen LogP contribution >= 0.6 is 0 Å². The third-order valence-corrected chi connectivity index (χ3v) is 7.79. The fourth-order valence-corrected chi connectivity index (χ4v) is 5.36. The number of quaternary nitrogens is 1. The highest BCUT2D eigenvalue weighted by atomic mass is 16.5. The van der Waals surface area contributed by atoms with Crippen LogP contribution in [0.5, 0.6) is 5.75 Å². The Morgan fingerprint density at radius 3 is 1.93 bits per heavy atom. The number of hydrogen-bond acceptors (Lipinski definition) is 3. The highest BCUT2D eigenvalue weighted by Gasteiger charge is 2.27. The Labute approximate surface area is 246 Å². The molecule has 0 amide bonds. The van der Waals surface area contributed by atoms with E-state index in [0.717, 1.165) is 49.0 Å². The first kappa shape index (κ1) is 33.9. The van der Waals surface area contributed by atoms with Gasteiger partial charge in [0.1, 0.15) is 18.2 Å². The number of rotatable bonds is 23. The van der Waals surface area contributed by atoms with Gasteiger partial charge in [-0.3, -0.25) is 4.79 Å². The Hall–Kier alpha value is -2.33. The molecule has 0 saturated carbocycles. The lowest BCUT2D eigenvalue weighted by Crippen LogP contribution is -2.44. The van der Waals surface area contributed by atoms with Crippen LogP contribution in [0.2, 0.25) is 0 Å². The second-order valence-electron chi connectivity index (χ2n) is 12.2. The lowest BCUT2D eigenvalue weighted by molar-refractivity contribution is -0.906. The number of benzene rings is 2. The molecule has 0 aliphatic rings. The van der Waals surface area contributed by atoms with Gasteiger partial charge in [-0.25, -0.2) is 0 Å². The summed E-state index contributed by atoms with van der Waals surface area (Å²) < 4.78 is 12.3. The molecule has 0 aliphatic carbocycles. The summed E-state index contributed by atoms with van der Waals surface area (Å²) in [5, 5.41) is 0. The molecule has 224 valence electrons. The van der Waals surface area contributed by atoms with Crippen molar-refractivity contribution >= 4 is 5.97 Å². The van der Waals surface area contributed by atoms with Crippen LogP contribution in [0.3, 0.4) is 0 Å². The van der Waals surface area contributed by atoms with Crippen LogP contribution in [-0.2, 0) is 22.5 Å². The van der Waals surface area contributed by atoms with Gasteiger partial charge < -0.3 is 14.0 Å². The Bertz CT molecular complexity index is 894. The molecule has 40 heavy (non-hydrogen) atoms. The second kappa shape index (κ2) is 20.5. The predicted octanol–water partition coefficient (Wildman–Crippen LogP) is 9.16. The van der Waals surface area contributed by atoms with Gasteiger partial charge in [-0.2, -0.15) is 0 Å². The first-order valence-corrected chi connectivity index (χ1v) is 16.2. The number of hydrogen-bond donors (Lipinski definition) is 0. The van der Waals surface area contributed by atoms with Crippen LogP contribution in [0.1, 0.15) is 108 Å². The summed E-state index contributed by atoms with van der Waals surface area (Å²) in [4.78, 5) is 12.7. The smallest absolute Gasteiger partial charge is 0.314 e. The number of carbonyl (C=O) groups is 1. The monoisotopic (exact) mass is 552 g/mol. The van der Waals surface area contributed by atoms with Crippen molar-refractivity contribution in [2.45, 2.75) is 110 Å². The normalized spacial score (nSPS) is 12.3. The average molecular weight is 553 g/mol. The zero-order valence-corrected chi connectivity index (χ0v) is 26.2. The third kappa shape index (κ3) is 15.5. The van der Waals surface area contributed by atoms with Crippen molar-refractivity contribution in [3.05, 3.63) is 65.7 Å². The van der Waals surface area contributed by atoms with Crippen LogP contribution in [0.4, 0.5) is 0 Å². The molecule has 4 heteroatoms. The third-order valence-electron chi connectivity index (χ3n) is 7.79. The zero-order valence-electron chi connectivity index (χ0n) is 26.2. The average Bonchev–Trinajstić information content (AvgIpc) is 2.95. The topological polar surface area (TPSA) is 35.5 Å². The number of nitrogens with zero attached hydrogens (tertiary/aromatic N) is 1. The number of unbranched alkanes of at least 4 members (excludes halogenated alkanes) is 10. The van der Waals surface area contributed by atoms with Crippen molar-refractivity contribution in [1.29, 1.82) is 0 Å². The standard InChI is InChI=1S/C36H58NO3/c1-5-7-8-9-10-11-12-13-14-16-21-32-24-26-35(27-25-32)39-28-19-20-29-40-36(38)34(6-2)31-37(3,4)30-33-22-17-15-18-23-33/h15,17-18,22-27,34H,5-14,16,19-21,28-31H2,1-4H3/q+1. The Balaban J connectivity index is 1.52. The molecular weight excluding hydrogens is 494 g/mol. The van der Waals surface area contributed by atoms with Gasteiger partial charge in [0.05, 0.1) is 33.9 Å². The van der Waals surface area contributed by atoms with Gasteiger partial charge in [-0.15, -0.1) is 0 Å². The van der Waals surface area contributed by atoms with E-state index in [1.54, 1.807) is 0 Å². The largest absolute Gasteiger partial charge is 0.494 e. The minimum atomic E-state index is -0.0752. The van der Waals surface area contributed by atoms with E-state index < -0.39 is 0 Å². The van der Waals surface area contributed by atoms with Crippen molar-refractivity contribution < 1.29 is 18.8 Å². The summed E-state index contributed by atoms with van der Waals surface area (Å²) >= 11 is 0. The van der Waals surface area contributed by atoms with Crippen molar-refractivity contribution in [3.63, 3.8) is 0 Å². The summed E-state index contributed by atoms with van der Waals surface area (Å²) in [6.45, 7) is 7.15. The van der Waals surface area contributed by atoms with Crippen LogP contribution in [-0.4, -0.2) is 44.3 Å². The van der Waals surface area contributed by atoms with E-state index in [-0.39, 0.29) is 11.9 Å². The summed E-state index contributed by atoms with van der Waals surface area (Å²) in [6.07, 6.45) is 17.4. The molecule has 0 aromatic heterocycles. The van der Waals surface area contributed by atoms with Gasteiger partial charge >= 0.3 is 5.97 Å². The Kier molecular flexibility index (Phi) is 17.4. The molecule has 2 aromatic carbocycles. The quantitative estimate of drug-likeness (QED) is 0.0783. The molecule has 0 aliphatic heterocycles.